The maximum atomic E-state index is 11.7. The summed E-state index contributed by atoms with van der Waals surface area (Å²) in [6.07, 6.45) is 4.57. The van der Waals surface area contributed by atoms with Gasteiger partial charge in [0.15, 0.2) is 0 Å². The Labute approximate surface area is 133 Å². The number of pyridine rings is 1. The van der Waals surface area contributed by atoms with Gasteiger partial charge in [-0.25, -0.2) is 4.79 Å². The summed E-state index contributed by atoms with van der Waals surface area (Å²) in [5.74, 6) is 0. The van der Waals surface area contributed by atoms with Crippen LogP contribution >= 0.6 is 0 Å². The molecule has 5 nitrogen and oxygen atoms in total. The van der Waals surface area contributed by atoms with Crippen LogP contribution in [0.2, 0.25) is 0 Å². The van der Waals surface area contributed by atoms with Crippen molar-refractivity contribution in [3.8, 4) is 0 Å². The van der Waals surface area contributed by atoms with E-state index in [0.29, 0.717) is 11.5 Å². The van der Waals surface area contributed by atoms with Gasteiger partial charge in [0.2, 0.25) is 5.56 Å². The quantitative estimate of drug-likeness (QED) is 0.807. The van der Waals surface area contributed by atoms with Crippen molar-refractivity contribution in [2.24, 2.45) is 0 Å². The smallest absolute Gasteiger partial charge is 0.410 e. The highest BCUT2D eigenvalue weighted by Crippen LogP contribution is 2.22. The van der Waals surface area contributed by atoms with Crippen molar-refractivity contribution in [3.05, 3.63) is 28.7 Å². The molecule has 0 aromatic carbocycles. The Hall–Kier alpha value is -1.72. The molecular formula is C16H25BN2O3. The Morgan fingerprint density at radius 2 is 2.14 bits per heavy atom. The van der Waals surface area contributed by atoms with E-state index in [2.05, 4.69) is 11.9 Å². The lowest BCUT2D eigenvalue weighted by Gasteiger charge is -2.28. The second-order valence-electron chi connectivity index (χ2n) is 6.36. The zero-order valence-corrected chi connectivity index (χ0v) is 13.9. The number of carbonyl (C=O) groups excluding carboxylic acids is 1. The Bertz CT molecular complexity index is 516. The number of carbonyl (C=O) groups is 1. The van der Waals surface area contributed by atoms with Crippen molar-refractivity contribution in [3.63, 3.8) is 0 Å². The summed E-state index contributed by atoms with van der Waals surface area (Å²) in [5.41, 5.74) is 0.0709. The summed E-state index contributed by atoms with van der Waals surface area (Å²) in [5, 5.41) is 0. The topological polar surface area (TPSA) is 62.4 Å². The summed E-state index contributed by atoms with van der Waals surface area (Å²) >= 11 is 0. The molecule has 2 radical (unpaired) electrons. The fraction of sp³-hybridized carbons (Fsp3) is 0.625. The summed E-state index contributed by atoms with van der Waals surface area (Å²) in [6, 6.07) is 3.33. The second kappa shape index (κ2) is 8.06. The zero-order chi connectivity index (χ0) is 16.8. The highest BCUT2D eigenvalue weighted by molar-refractivity contribution is 6.31. The standard InChI is InChI=1S/C11H21NO2.C5H4BNO/c1-5-9-7-6-8-12(9)10(13)14-11(2,3)4;6-4-1-2-5(8)7-3-4/h9H,5-8H2,1-4H3;1-3H,(H,7,8)/t9-;/m1./s1. The van der Waals surface area contributed by atoms with E-state index in [1.807, 2.05) is 25.7 Å². The van der Waals surface area contributed by atoms with Gasteiger partial charge >= 0.3 is 6.09 Å². The molecule has 1 aliphatic heterocycles. The Kier molecular flexibility index (Phi) is 6.72. The third-order valence-corrected chi connectivity index (χ3v) is 3.28. The minimum atomic E-state index is -0.377. The first-order valence-corrected chi connectivity index (χ1v) is 7.66. The van der Waals surface area contributed by atoms with E-state index >= 15 is 0 Å². The predicted octanol–water partition coefficient (Wildman–Crippen LogP) is 1.96. The molecule has 1 aliphatic rings. The maximum absolute atomic E-state index is 11.7. The van der Waals surface area contributed by atoms with Gasteiger partial charge in [-0.05, 0) is 46.2 Å². The number of hydrogen-bond acceptors (Lipinski definition) is 3. The van der Waals surface area contributed by atoms with Crippen molar-refractivity contribution >= 4 is 19.4 Å². The number of rotatable bonds is 1. The Morgan fingerprint density at radius 1 is 1.45 bits per heavy atom. The molecule has 0 unspecified atom stereocenters. The summed E-state index contributed by atoms with van der Waals surface area (Å²) in [6.45, 7) is 8.69. The lowest BCUT2D eigenvalue weighted by molar-refractivity contribution is 0.0224. The summed E-state index contributed by atoms with van der Waals surface area (Å²) in [7, 11) is 5.26. The van der Waals surface area contributed by atoms with Crippen molar-refractivity contribution in [1.29, 1.82) is 0 Å². The summed E-state index contributed by atoms with van der Waals surface area (Å²) < 4.78 is 5.34. The molecule has 1 N–H and O–H groups in total. The van der Waals surface area contributed by atoms with Crippen molar-refractivity contribution in [2.75, 3.05) is 6.54 Å². The second-order valence-corrected chi connectivity index (χ2v) is 6.36. The van der Waals surface area contributed by atoms with E-state index in [1.165, 1.54) is 12.3 Å². The zero-order valence-electron chi connectivity index (χ0n) is 13.9. The SMILES string of the molecule is CC[C@@H]1CCCN1C(=O)OC(C)(C)C.[B]c1ccc(=O)[nH]c1. The Balaban J connectivity index is 0.000000255. The summed E-state index contributed by atoms with van der Waals surface area (Å²) in [4.78, 5) is 26.3. The number of ether oxygens (including phenoxy) is 1. The van der Waals surface area contributed by atoms with Gasteiger partial charge in [0.05, 0.1) is 0 Å². The van der Waals surface area contributed by atoms with E-state index in [-0.39, 0.29) is 17.3 Å². The van der Waals surface area contributed by atoms with Crippen LogP contribution in [0, 0.1) is 0 Å². The number of aromatic nitrogens is 1. The molecule has 1 amide bonds. The number of amides is 1. The number of aromatic amines is 1. The maximum Gasteiger partial charge on any atom is 0.410 e. The normalized spacial score (nSPS) is 17.6. The van der Waals surface area contributed by atoms with Gasteiger partial charge in [-0.15, -0.1) is 0 Å². The highest BCUT2D eigenvalue weighted by atomic mass is 16.6. The molecule has 1 atom stereocenters. The van der Waals surface area contributed by atoms with E-state index in [0.717, 1.165) is 25.8 Å². The van der Waals surface area contributed by atoms with E-state index in [1.54, 1.807) is 6.07 Å². The fourth-order valence-electron chi connectivity index (χ4n) is 2.24. The van der Waals surface area contributed by atoms with Crippen LogP contribution in [-0.2, 0) is 4.74 Å². The molecule has 1 saturated heterocycles. The van der Waals surface area contributed by atoms with Crippen LogP contribution in [0.4, 0.5) is 4.79 Å². The van der Waals surface area contributed by atoms with Crippen LogP contribution in [0.3, 0.4) is 0 Å². The molecule has 2 heterocycles. The molecule has 2 rings (SSSR count). The molecule has 1 fully saturated rings. The van der Waals surface area contributed by atoms with Crippen LogP contribution in [0.25, 0.3) is 0 Å². The van der Waals surface area contributed by atoms with Crippen molar-refractivity contribution in [1.82, 2.24) is 9.88 Å². The van der Waals surface area contributed by atoms with Gasteiger partial charge in [0, 0.05) is 18.7 Å². The number of nitrogens with one attached hydrogen (secondary N) is 1. The van der Waals surface area contributed by atoms with E-state index in [9.17, 15) is 9.59 Å². The average molecular weight is 304 g/mol. The van der Waals surface area contributed by atoms with Gasteiger partial charge in [-0.3, -0.25) is 4.79 Å². The van der Waals surface area contributed by atoms with Gasteiger partial charge in [-0.2, -0.15) is 0 Å². The number of H-pyrrole nitrogens is 1. The largest absolute Gasteiger partial charge is 0.444 e. The van der Waals surface area contributed by atoms with Crippen LogP contribution in [0.5, 0.6) is 0 Å². The Morgan fingerprint density at radius 3 is 2.59 bits per heavy atom. The number of nitrogens with zero attached hydrogens (tertiary/aromatic N) is 1. The predicted molar refractivity (Wildman–Crippen MR) is 88.7 cm³/mol. The minimum Gasteiger partial charge on any atom is -0.444 e. The average Bonchev–Trinajstić information content (AvgIpc) is 2.89. The number of likely N-dealkylation sites (tertiary alicyclic amines) is 1. The van der Waals surface area contributed by atoms with Crippen LogP contribution < -0.4 is 11.0 Å². The van der Waals surface area contributed by atoms with Crippen molar-refractivity contribution in [2.45, 2.75) is 58.6 Å². The van der Waals surface area contributed by atoms with Gasteiger partial charge in [-0.1, -0.05) is 18.5 Å². The first-order valence-electron chi connectivity index (χ1n) is 7.66. The lowest BCUT2D eigenvalue weighted by Crippen LogP contribution is -2.39. The monoisotopic (exact) mass is 304 g/mol. The molecule has 0 saturated carbocycles. The molecule has 6 heteroatoms. The molecule has 1 aromatic heterocycles. The lowest BCUT2D eigenvalue weighted by atomic mass is 9.99. The third-order valence-electron chi connectivity index (χ3n) is 3.28. The van der Waals surface area contributed by atoms with Gasteiger partial charge in [0.25, 0.3) is 0 Å². The minimum absolute atomic E-state index is 0.126. The van der Waals surface area contributed by atoms with Gasteiger partial charge in [0.1, 0.15) is 13.4 Å². The van der Waals surface area contributed by atoms with Crippen LogP contribution in [0.15, 0.2) is 23.1 Å². The fourth-order valence-corrected chi connectivity index (χ4v) is 2.24. The molecule has 1 aromatic rings. The first kappa shape index (κ1) is 18.3. The molecule has 0 bridgehead atoms. The van der Waals surface area contributed by atoms with Crippen LogP contribution in [-0.4, -0.2) is 42.0 Å². The van der Waals surface area contributed by atoms with Crippen LogP contribution in [0.1, 0.15) is 47.0 Å². The molecular weight excluding hydrogens is 279 g/mol. The molecule has 22 heavy (non-hydrogen) atoms. The molecule has 0 aliphatic carbocycles. The van der Waals surface area contributed by atoms with Gasteiger partial charge < -0.3 is 14.6 Å². The molecule has 0 spiro atoms. The van der Waals surface area contributed by atoms with E-state index in [4.69, 9.17) is 12.6 Å². The van der Waals surface area contributed by atoms with Crippen molar-refractivity contribution < 1.29 is 9.53 Å². The van der Waals surface area contributed by atoms with E-state index < -0.39 is 0 Å². The highest BCUT2D eigenvalue weighted by Gasteiger charge is 2.30. The first-order chi connectivity index (χ1) is 10.2. The number of hydrogen-bond donors (Lipinski definition) is 1. The molecule has 120 valence electrons. The third kappa shape index (κ3) is 6.37.